The lowest BCUT2D eigenvalue weighted by Gasteiger charge is -2.21. The van der Waals surface area contributed by atoms with Crippen molar-refractivity contribution < 1.29 is 13.9 Å². The van der Waals surface area contributed by atoms with Crippen LogP contribution >= 0.6 is 15.9 Å². The van der Waals surface area contributed by atoms with Crippen molar-refractivity contribution in [2.75, 3.05) is 17.7 Å². The lowest BCUT2D eigenvalue weighted by molar-refractivity contribution is 0.241. The highest BCUT2D eigenvalue weighted by molar-refractivity contribution is 9.11. The zero-order valence-corrected chi connectivity index (χ0v) is 18.3. The first kappa shape index (κ1) is 22.4. The van der Waals surface area contributed by atoms with Crippen LogP contribution in [-0.4, -0.2) is 30.4 Å². The van der Waals surface area contributed by atoms with Gasteiger partial charge in [-0.25, -0.2) is 9.18 Å². The van der Waals surface area contributed by atoms with E-state index in [0.717, 1.165) is 11.3 Å². The van der Waals surface area contributed by atoms with E-state index in [9.17, 15) is 9.18 Å². The van der Waals surface area contributed by atoms with E-state index in [1.807, 2.05) is 27.8 Å². The van der Waals surface area contributed by atoms with Gasteiger partial charge < -0.3 is 15.4 Å². The standard InChI is InChI=1S/C21H24BrFN4O2/c1-5-24-27(4)19(13-22)18-12-17(10-11-20(18)29-14(2)3)26-21(28)25-16-8-6-15(23)7-9-16/h5-14H,1-4H3,(H2,25,26,28)/b19-13+,24-5-. The number of amides is 2. The maximum absolute atomic E-state index is 13.0. The number of carbonyl (C=O) groups excluding carboxylic acids is 1. The van der Waals surface area contributed by atoms with E-state index in [4.69, 9.17) is 4.74 Å². The summed E-state index contributed by atoms with van der Waals surface area (Å²) in [7, 11) is 1.81. The Hall–Kier alpha value is -2.87. The predicted molar refractivity (Wildman–Crippen MR) is 120 cm³/mol. The van der Waals surface area contributed by atoms with E-state index in [1.54, 1.807) is 34.4 Å². The SMILES string of the molecule is C/C=N\N(C)/C(=C/Br)c1cc(NC(=O)Nc2ccc(F)cc2)ccc1OC(C)C. The summed E-state index contributed by atoms with van der Waals surface area (Å²) in [4.78, 5) is 14.1. The Kier molecular flexibility index (Phi) is 8.21. The van der Waals surface area contributed by atoms with Crippen molar-refractivity contribution in [2.24, 2.45) is 5.10 Å². The maximum Gasteiger partial charge on any atom is 0.323 e. The lowest BCUT2D eigenvalue weighted by atomic mass is 10.1. The summed E-state index contributed by atoms with van der Waals surface area (Å²) in [6, 6.07) is 10.4. The highest BCUT2D eigenvalue weighted by Gasteiger charge is 2.15. The molecule has 0 saturated heterocycles. The van der Waals surface area contributed by atoms with Crippen LogP contribution in [0.3, 0.4) is 0 Å². The van der Waals surface area contributed by atoms with Crippen LogP contribution in [0.15, 0.2) is 52.6 Å². The van der Waals surface area contributed by atoms with Gasteiger partial charge in [-0.15, -0.1) is 0 Å². The molecule has 0 bridgehead atoms. The zero-order chi connectivity index (χ0) is 21.4. The summed E-state index contributed by atoms with van der Waals surface area (Å²) < 4.78 is 18.9. The molecule has 154 valence electrons. The van der Waals surface area contributed by atoms with E-state index in [2.05, 4.69) is 31.7 Å². The fourth-order valence-electron chi connectivity index (χ4n) is 2.53. The summed E-state index contributed by atoms with van der Waals surface area (Å²) in [5, 5.41) is 11.4. The highest BCUT2D eigenvalue weighted by Crippen LogP contribution is 2.32. The molecule has 2 rings (SSSR count). The second kappa shape index (κ2) is 10.6. The first-order valence-electron chi connectivity index (χ1n) is 9.01. The molecule has 2 aromatic rings. The minimum Gasteiger partial charge on any atom is -0.490 e. The Labute approximate surface area is 178 Å². The molecule has 0 aromatic heterocycles. The number of ether oxygens (including phenoxy) is 1. The quantitative estimate of drug-likeness (QED) is 0.398. The number of carbonyl (C=O) groups is 1. The number of nitrogens with zero attached hydrogens (tertiary/aromatic N) is 2. The summed E-state index contributed by atoms with van der Waals surface area (Å²) in [5.74, 6) is 0.294. The summed E-state index contributed by atoms with van der Waals surface area (Å²) in [5.41, 5.74) is 2.56. The lowest BCUT2D eigenvalue weighted by Crippen LogP contribution is -2.20. The number of urea groups is 1. The molecule has 0 atom stereocenters. The molecule has 2 amide bonds. The molecule has 0 spiro atoms. The number of nitrogens with one attached hydrogen (secondary N) is 2. The minimum atomic E-state index is -0.440. The van der Waals surface area contributed by atoms with Gasteiger partial charge in [-0.05, 0) is 63.2 Å². The van der Waals surface area contributed by atoms with Gasteiger partial charge in [0.25, 0.3) is 0 Å². The van der Waals surface area contributed by atoms with Crippen molar-refractivity contribution >= 4 is 45.2 Å². The smallest absolute Gasteiger partial charge is 0.323 e. The van der Waals surface area contributed by atoms with Gasteiger partial charge in [0.05, 0.1) is 11.8 Å². The third kappa shape index (κ3) is 6.60. The fraction of sp³-hybridized carbons (Fsp3) is 0.238. The predicted octanol–water partition coefficient (Wildman–Crippen LogP) is 5.89. The number of hydrogen-bond acceptors (Lipinski definition) is 4. The van der Waals surface area contributed by atoms with Gasteiger partial charge in [-0.3, -0.25) is 5.01 Å². The summed E-state index contributed by atoms with van der Waals surface area (Å²) >= 11 is 3.39. The van der Waals surface area contributed by atoms with Gasteiger partial charge in [0.2, 0.25) is 0 Å². The Morgan fingerprint density at radius 3 is 2.38 bits per heavy atom. The zero-order valence-electron chi connectivity index (χ0n) is 16.7. The highest BCUT2D eigenvalue weighted by atomic mass is 79.9. The van der Waals surface area contributed by atoms with E-state index in [0.29, 0.717) is 17.1 Å². The van der Waals surface area contributed by atoms with Crippen LogP contribution in [0.5, 0.6) is 5.75 Å². The van der Waals surface area contributed by atoms with Gasteiger partial charge >= 0.3 is 6.03 Å². The van der Waals surface area contributed by atoms with Crippen LogP contribution in [0.25, 0.3) is 5.70 Å². The van der Waals surface area contributed by atoms with Crippen LogP contribution in [0.2, 0.25) is 0 Å². The van der Waals surface area contributed by atoms with Crippen molar-refractivity contribution in [1.29, 1.82) is 0 Å². The summed E-state index contributed by atoms with van der Waals surface area (Å²) in [6.07, 6.45) is 1.66. The Bertz CT molecular complexity index is 898. The van der Waals surface area contributed by atoms with Gasteiger partial charge in [-0.1, -0.05) is 15.9 Å². The Morgan fingerprint density at radius 1 is 1.17 bits per heavy atom. The van der Waals surface area contributed by atoms with Gasteiger partial charge in [0, 0.05) is 35.2 Å². The fourth-order valence-corrected chi connectivity index (χ4v) is 3.07. The molecule has 8 heteroatoms. The van der Waals surface area contributed by atoms with E-state index >= 15 is 0 Å². The Morgan fingerprint density at radius 2 is 1.79 bits per heavy atom. The van der Waals surface area contributed by atoms with Crippen molar-refractivity contribution in [2.45, 2.75) is 26.9 Å². The molecule has 0 radical (unpaired) electrons. The second-order valence-corrected chi connectivity index (χ2v) is 6.81. The number of rotatable bonds is 7. The average Bonchev–Trinajstić information content (AvgIpc) is 2.66. The van der Waals surface area contributed by atoms with Crippen molar-refractivity contribution in [3.63, 3.8) is 0 Å². The number of hydrazone groups is 1. The molecule has 0 fully saturated rings. The molecule has 6 nitrogen and oxygen atoms in total. The van der Waals surface area contributed by atoms with Crippen molar-refractivity contribution in [3.8, 4) is 5.75 Å². The normalized spacial score (nSPS) is 11.6. The number of anilines is 2. The monoisotopic (exact) mass is 462 g/mol. The molecule has 0 aliphatic heterocycles. The molecule has 2 aromatic carbocycles. The van der Waals surface area contributed by atoms with Crippen molar-refractivity contribution in [1.82, 2.24) is 5.01 Å². The van der Waals surface area contributed by atoms with Gasteiger partial charge in [0.15, 0.2) is 0 Å². The molecule has 0 aliphatic carbocycles. The molecule has 2 N–H and O–H groups in total. The molecule has 0 heterocycles. The van der Waals surface area contributed by atoms with E-state index < -0.39 is 6.03 Å². The van der Waals surface area contributed by atoms with E-state index in [1.165, 1.54) is 24.3 Å². The maximum atomic E-state index is 13.0. The largest absolute Gasteiger partial charge is 0.490 e. The molecular weight excluding hydrogens is 439 g/mol. The molecular formula is C21H24BrFN4O2. The first-order chi connectivity index (χ1) is 13.8. The second-order valence-electron chi connectivity index (χ2n) is 6.36. The van der Waals surface area contributed by atoms with Crippen molar-refractivity contribution in [3.05, 3.63) is 58.8 Å². The summed E-state index contributed by atoms with van der Waals surface area (Å²) in [6.45, 7) is 5.71. The topological polar surface area (TPSA) is 66.0 Å². The van der Waals surface area contributed by atoms with Gasteiger partial charge in [-0.2, -0.15) is 5.10 Å². The number of halogens is 2. The third-order valence-corrected chi connectivity index (χ3v) is 4.15. The molecule has 0 saturated carbocycles. The molecule has 0 unspecified atom stereocenters. The molecule has 0 aliphatic rings. The van der Waals surface area contributed by atoms with Crippen LogP contribution in [0.4, 0.5) is 20.6 Å². The minimum absolute atomic E-state index is 0.0223. The van der Waals surface area contributed by atoms with Crippen LogP contribution in [0.1, 0.15) is 26.3 Å². The van der Waals surface area contributed by atoms with Crippen LogP contribution < -0.4 is 15.4 Å². The van der Waals surface area contributed by atoms with Crippen LogP contribution in [-0.2, 0) is 0 Å². The first-order valence-corrected chi connectivity index (χ1v) is 9.93. The Balaban J connectivity index is 2.28. The third-order valence-electron chi connectivity index (χ3n) is 3.72. The van der Waals surface area contributed by atoms with Gasteiger partial charge in [0.1, 0.15) is 11.6 Å². The number of benzene rings is 2. The molecule has 29 heavy (non-hydrogen) atoms. The van der Waals surface area contributed by atoms with E-state index in [-0.39, 0.29) is 11.9 Å². The van der Waals surface area contributed by atoms with Crippen LogP contribution in [0, 0.1) is 5.82 Å². The number of hydrogen-bond donors (Lipinski definition) is 2. The average molecular weight is 463 g/mol.